The zero-order valence-electron chi connectivity index (χ0n) is 13.6. The van der Waals surface area contributed by atoms with Gasteiger partial charge in [0.2, 0.25) is 0 Å². The Morgan fingerprint density at radius 3 is 2.33 bits per heavy atom. The van der Waals surface area contributed by atoms with Crippen molar-refractivity contribution in [1.82, 2.24) is 9.97 Å². The molecule has 0 amide bonds. The van der Waals surface area contributed by atoms with Gasteiger partial charge in [-0.25, -0.2) is 0 Å². The molecule has 0 aliphatic carbocycles. The molecule has 0 atom stereocenters. The van der Waals surface area contributed by atoms with E-state index in [9.17, 15) is 14.7 Å². The van der Waals surface area contributed by atoms with Gasteiger partial charge in [-0.2, -0.15) is 0 Å². The molecule has 0 spiro atoms. The standard InChI is InChI=1S/C20H10N2O5/c23-8-5-6-9-10(7-8)21-16-13(9)14-15(20(25)22-19(14)24)17-18(16)27-12-4-2-1-3-11(12)26-17/h1-7,21,24H,(H,22,25). The van der Waals surface area contributed by atoms with Crippen LogP contribution in [0.1, 0.15) is 0 Å². The fourth-order valence-electron chi connectivity index (χ4n) is 3.79. The predicted octanol–water partition coefficient (Wildman–Crippen LogP) is 3.72. The number of aromatic nitrogens is 2. The maximum absolute atomic E-state index is 12.5. The molecule has 0 saturated carbocycles. The van der Waals surface area contributed by atoms with Gasteiger partial charge >= 0.3 is 0 Å². The molecule has 3 aromatic heterocycles. The molecule has 0 radical (unpaired) electrons. The lowest BCUT2D eigenvalue weighted by Gasteiger charge is -2.04. The van der Waals surface area contributed by atoms with E-state index in [1.807, 2.05) is 6.07 Å². The molecule has 0 fully saturated rings. The Morgan fingerprint density at radius 2 is 1.56 bits per heavy atom. The summed E-state index contributed by atoms with van der Waals surface area (Å²) in [5.74, 6) is -0.252. The summed E-state index contributed by atoms with van der Waals surface area (Å²) in [7, 11) is 0. The molecule has 0 saturated heterocycles. The van der Waals surface area contributed by atoms with Crippen LogP contribution < -0.4 is 11.0 Å². The third-order valence-corrected chi connectivity index (χ3v) is 4.90. The van der Waals surface area contributed by atoms with Crippen molar-refractivity contribution in [1.29, 1.82) is 0 Å². The summed E-state index contributed by atoms with van der Waals surface area (Å²) in [6.07, 6.45) is 0. The number of H-pyrrole nitrogens is 2. The fourth-order valence-corrected chi connectivity index (χ4v) is 3.79. The van der Waals surface area contributed by atoms with Crippen molar-refractivity contribution in [2.75, 3.05) is 0 Å². The molecule has 0 aliphatic rings. The van der Waals surface area contributed by atoms with Gasteiger partial charge in [0.1, 0.15) is 0 Å². The topological polar surface area (TPSA) is 112 Å². The third-order valence-electron chi connectivity index (χ3n) is 4.90. The van der Waals surface area contributed by atoms with Gasteiger partial charge in [-0.3, -0.25) is 14.6 Å². The normalized spacial score (nSPS) is 12.1. The molecule has 6 rings (SSSR count). The van der Waals surface area contributed by atoms with Crippen LogP contribution >= 0.6 is 0 Å². The van der Waals surface area contributed by atoms with Gasteiger partial charge in [-0.15, -0.1) is 0 Å². The molecular weight excluding hydrogens is 348 g/mol. The Morgan fingerprint density at radius 1 is 0.815 bits per heavy atom. The summed E-state index contributed by atoms with van der Waals surface area (Å²) in [5.41, 5.74) is 2.07. The van der Waals surface area contributed by atoms with E-state index in [4.69, 9.17) is 8.83 Å². The van der Waals surface area contributed by atoms with E-state index < -0.39 is 5.56 Å². The second kappa shape index (κ2) is 4.59. The number of para-hydroxylation sites is 2. The number of fused-ring (bicyclic) bond motifs is 9. The third kappa shape index (κ3) is 1.70. The highest BCUT2D eigenvalue weighted by Crippen LogP contribution is 2.41. The highest BCUT2D eigenvalue weighted by atomic mass is 16.4. The SMILES string of the molecule is O=c1ccc2c(c1)[nH]c1c3oc4ccccc4oc3c3c(=O)[nH]c(O)c3c21. The van der Waals surface area contributed by atoms with Crippen LogP contribution in [-0.4, -0.2) is 15.1 Å². The van der Waals surface area contributed by atoms with Crippen LogP contribution in [-0.2, 0) is 0 Å². The van der Waals surface area contributed by atoms with Crippen molar-refractivity contribution in [2.24, 2.45) is 0 Å². The quantitative estimate of drug-likeness (QED) is 0.358. The van der Waals surface area contributed by atoms with Gasteiger partial charge in [-0.1, -0.05) is 12.1 Å². The smallest absolute Gasteiger partial charge is 0.262 e. The highest BCUT2D eigenvalue weighted by Gasteiger charge is 2.23. The molecular formula is C20H10N2O5. The lowest BCUT2D eigenvalue weighted by molar-refractivity contribution is 0.462. The second-order valence-corrected chi connectivity index (χ2v) is 6.44. The number of nitrogens with one attached hydrogen (secondary N) is 2. The Labute approximate surface area is 148 Å². The summed E-state index contributed by atoms with van der Waals surface area (Å²) in [6.45, 7) is 0. The summed E-state index contributed by atoms with van der Waals surface area (Å²) < 4.78 is 12.0. The van der Waals surface area contributed by atoms with Crippen molar-refractivity contribution in [2.45, 2.75) is 0 Å². The van der Waals surface area contributed by atoms with Gasteiger partial charge in [0.05, 0.1) is 21.8 Å². The average Bonchev–Trinajstić information content (AvgIpc) is 3.17. The average molecular weight is 358 g/mol. The number of aromatic hydroxyl groups is 1. The van der Waals surface area contributed by atoms with Crippen molar-refractivity contribution in [3.8, 4) is 5.88 Å². The first-order chi connectivity index (χ1) is 13.1. The van der Waals surface area contributed by atoms with Crippen LogP contribution in [0.5, 0.6) is 5.88 Å². The van der Waals surface area contributed by atoms with Crippen LogP contribution in [0.3, 0.4) is 0 Å². The summed E-state index contributed by atoms with van der Waals surface area (Å²) >= 11 is 0. The molecule has 3 N–H and O–H groups in total. The van der Waals surface area contributed by atoms with E-state index in [2.05, 4.69) is 9.97 Å². The Balaban J connectivity index is 2.05. The van der Waals surface area contributed by atoms with Gasteiger partial charge in [0.25, 0.3) is 5.56 Å². The highest BCUT2D eigenvalue weighted by molar-refractivity contribution is 6.30. The molecule has 6 aromatic rings. The van der Waals surface area contributed by atoms with Crippen molar-refractivity contribution in [3.05, 3.63) is 63.0 Å². The van der Waals surface area contributed by atoms with Gasteiger partial charge in [0.15, 0.2) is 33.6 Å². The number of hydrogen-bond donors (Lipinski definition) is 3. The fraction of sp³-hybridized carbons (Fsp3) is 0. The first-order valence-electron chi connectivity index (χ1n) is 8.26. The Bertz CT molecular complexity index is 1680. The second-order valence-electron chi connectivity index (χ2n) is 6.44. The molecule has 27 heavy (non-hydrogen) atoms. The van der Waals surface area contributed by atoms with Crippen LogP contribution in [0.4, 0.5) is 0 Å². The molecule has 0 aliphatic heterocycles. The van der Waals surface area contributed by atoms with Crippen LogP contribution in [0.15, 0.2) is 60.9 Å². The molecule has 3 heterocycles. The predicted molar refractivity (Wildman–Crippen MR) is 101 cm³/mol. The van der Waals surface area contributed by atoms with Crippen LogP contribution in [0, 0.1) is 0 Å². The minimum Gasteiger partial charge on any atom is -0.494 e. The van der Waals surface area contributed by atoms with Gasteiger partial charge < -0.3 is 18.9 Å². The summed E-state index contributed by atoms with van der Waals surface area (Å²) in [5, 5.41) is 12.2. The first kappa shape index (κ1) is 14.2. The first-order valence-corrected chi connectivity index (χ1v) is 8.26. The maximum atomic E-state index is 12.5. The van der Waals surface area contributed by atoms with E-state index in [0.717, 1.165) is 0 Å². The minimum absolute atomic E-state index is 0.149. The zero-order valence-corrected chi connectivity index (χ0v) is 13.6. The minimum atomic E-state index is -0.474. The molecule has 130 valence electrons. The van der Waals surface area contributed by atoms with E-state index in [-0.39, 0.29) is 22.3 Å². The summed E-state index contributed by atoms with van der Waals surface area (Å²) in [4.78, 5) is 29.9. The van der Waals surface area contributed by atoms with E-state index >= 15 is 0 Å². The van der Waals surface area contributed by atoms with E-state index in [1.54, 1.807) is 24.3 Å². The van der Waals surface area contributed by atoms with E-state index in [0.29, 0.717) is 43.9 Å². The maximum Gasteiger partial charge on any atom is 0.262 e. The number of hydrogen-bond acceptors (Lipinski definition) is 5. The number of aromatic amines is 2. The van der Waals surface area contributed by atoms with Gasteiger partial charge in [-0.05, 0) is 24.3 Å². The van der Waals surface area contributed by atoms with Crippen molar-refractivity contribution < 1.29 is 13.9 Å². The Hall–Kier alpha value is -4.00. The molecule has 7 nitrogen and oxygen atoms in total. The van der Waals surface area contributed by atoms with Crippen molar-refractivity contribution >= 4 is 54.9 Å². The monoisotopic (exact) mass is 358 g/mol. The lowest BCUT2D eigenvalue weighted by atomic mass is 10.1. The Kier molecular flexibility index (Phi) is 2.41. The number of benzene rings is 3. The molecule has 0 bridgehead atoms. The largest absolute Gasteiger partial charge is 0.494 e. The number of rotatable bonds is 0. The molecule has 0 unspecified atom stereocenters. The molecule has 3 aromatic carbocycles. The lowest BCUT2D eigenvalue weighted by Crippen LogP contribution is -1.97. The van der Waals surface area contributed by atoms with Crippen LogP contribution in [0.25, 0.3) is 54.9 Å². The van der Waals surface area contributed by atoms with Crippen molar-refractivity contribution in [3.63, 3.8) is 0 Å². The van der Waals surface area contributed by atoms with E-state index in [1.165, 1.54) is 12.1 Å². The van der Waals surface area contributed by atoms with Crippen LogP contribution in [0.2, 0.25) is 0 Å². The summed E-state index contributed by atoms with van der Waals surface area (Å²) in [6, 6.07) is 11.7. The zero-order chi connectivity index (χ0) is 18.3. The molecule has 7 heteroatoms. The van der Waals surface area contributed by atoms with Gasteiger partial charge in [0, 0.05) is 16.8 Å².